The smallest absolute Gasteiger partial charge is 0.255 e. The lowest BCUT2D eigenvalue weighted by Crippen LogP contribution is -2.12. The quantitative estimate of drug-likeness (QED) is 0.631. The zero-order chi connectivity index (χ0) is 14.1. The number of anilines is 3. The van der Waals surface area contributed by atoms with Gasteiger partial charge in [0.25, 0.3) is 5.91 Å². The number of carbonyl (C=O) groups is 1. The van der Waals surface area contributed by atoms with E-state index in [0.29, 0.717) is 16.9 Å². The van der Waals surface area contributed by atoms with Crippen LogP contribution in [0.15, 0.2) is 47.8 Å². The molecule has 0 radical (unpaired) electrons. The van der Waals surface area contributed by atoms with Crippen LogP contribution in [0.4, 0.5) is 17.1 Å². The van der Waals surface area contributed by atoms with Gasteiger partial charge in [-0.05, 0) is 53.2 Å². The van der Waals surface area contributed by atoms with Crippen LogP contribution in [0.1, 0.15) is 10.4 Å². The molecule has 0 aliphatic carbocycles. The van der Waals surface area contributed by atoms with Gasteiger partial charge >= 0.3 is 0 Å². The standard InChI is InChI=1S/C15H13N3OS/c16-11-5-10(6-12(17)8-11)15(19)18-13-1-2-14-9(7-13)3-4-20-14/h1-8H,16-17H2,(H,18,19). The van der Waals surface area contributed by atoms with Crippen LogP contribution in [-0.2, 0) is 0 Å². The number of thiophene rings is 1. The zero-order valence-corrected chi connectivity index (χ0v) is 11.4. The Hall–Kier alpha value is -2.53. The van der Waals surface area contributed by atoms with Crippen molar-refractivity contribution in [3.8, 4) is 0 Å². The van der Waals surface area contributed by atoms with Crippen LogP contribution >= 0.6 is 11.3 Å². The average Bonchev–Trinajstić information content (AvgIpc) is 2.85. The number of nitrogen functional groups attached to an aromatic ring is 2. The molecule has 0 aliphatic rings. The Morgan fingerprint density at radius 1 is 1.00 bits per heavy atom. The van der Waals surface area contributed by atoms with Gasteiger partial charge in [0.15, 0.2) is 0 Å². The number of nitrogens with two attached hydrogens (primary N) is 2. The molecule has 3 aromatic rings. The molecule has 2 aromatic carbocycles. The minimum Gasteiger partial charge on any atom is -0.399 e. The van der Waals surface area contributed by atoms with Crippen LogP contribution in [0.3, 0.4) is 0 Å². The zero-order valence-electron chi connectivity index (χ0n) is 10.6. The number of rotatable bonds is 2. The summed E-state index contributed by atoms with van der Waals surface area (Å²) in [5.41, 5.74) is 13.5. The second-order valence-corrected chi connectivity index (χ2v) is 5.46. The van der Waals surface area contributed by atoms with E-state index in [2.05, 4.69) is 5.32 Å². The van der Waals surface area contributed by atoms with Gasteiger partial charge in [0.1, 0.15) is 0 Å². The van der Waals surface area contributed by atoms with E-state index in [0.717, 1.165) is 11.1 Å². The highest BCUT2D eigenvalue weighted by Gasteiger charge is 2.08. The fourth-order valence-electron chi connectivity index (χ4n) is 2.06. The van der Waals surface area contributed by atoms with Crippen molar-refractivity contribution in [2.75, 3.05) is 16.8 Å². The van der Waals surface area contributed by atoms with E-state index >= 15 is 0 Å². The average molecular weight is 283 g/mol. The number of hydrogen-bond acceptors (Lipinski definition) is 4. The van der Waals surface area contributed by atoms with E-state index in [1.54, 1.807) is 29.5 Å². The van der Waals surface area contributed by atoms with Gasteiger partial charge in [-0.15, -0.1) is 11.3 Å². The summed E-state index contributed by atoms with van der Waals surface area (Å²) in [4.78, 5) is 12.2. The Bertz CT molecular complexity index is 774. The maximum atomic E-state index is 12.2. The third kappa shape index (κ3) is 2.44. The molecule has 4 nitrogen and oxygen atoms in total. The molecular formula is C15H13N3OS. The van der Waals surface area contributed by atoms with Gasteiger partial charge in [-0.25, -0.2) is 0 Å². The van der Waals surface area contributed by atoms with E-state index in [1.165, 1.54) is 4.70 Å². The molecule has 20 heavy (non-hydrogen) atoms. The molecule has 0 saturated heterocycles. The van der Waals surface area contributed by atoms with E-state index in [4.69, 9.17) is 11.5 Å². The summed E-state index contributed by atoms with van der Waals surface area (Å²) >= 11 is 1.67. The summed E-state index contributed by atoms with van der Waals surface area (Å²) in [5.74, 6) is -0.224. The minimum absolute atomic E-state index is 0.224. The van der Waals surface area contributed by atoms with Gasteiger partial charge in [-0.3, -0.25) is 4.79 Å². The van der Waals surface area contributed by atoms with Crippen LogP contribution in [0.5, 0.6) is 0 Å². The lowest BCUT2D eigenvalue weighted by molar-refractivity contribution is 0.102. The molecule has 0 atom stereocenters. The highest BCUT2D eigenvalue weighted by atomic mass is 32.1. The second-order valence-electron chi connectivity index (χ2n) is 4.52. The van der Waals surface area contributed by atoms with Gasteiger partial charge in [0.2, 0.25) is 0 Å². The molecule has 0 unspecified atom stereocenters. The van der Waals surface area contributed by atoms with E-state index in [1.807, 2.05) is 29.6 Å². The van der Waals surface area contributed by atoms with Gasteiger partial charge < -0.3 is 16.8 Å². The lowest BCUT2D eigenvalue weighted by Gasteiger charge is -2.07. The third-order valence-electron chi connectivity index (χ3n) is 2.95. The maximum absolute atomic E-state index is 12.2. The Kier molecular flexibility index (Phi) is 3.04. The Balaban J connectivity index is 1.87. The molecule has 5 heteroatoms. The van der Waals surface area contributed by atoms with Crippen molar-refractivity contribution < 1.29 is 4.79 Å². The highest BCUT2D eigenvalue weighted by molar-refractivity contribution is 7.17. The SMILES string of the molecule is Nc1cc(N)cc(C(=O)Nc2ccc3sccc3c2)c1. The highest BCUT2D eigenvalue weighted by Crippen LogP contribution is 2.24. The molecule has 1 aromatic heterocycles. The largest absolute Gasteiger partial charge is 0.399 e. The first-order valence-corrected chi connectivity index (χ1v) is 6.94. The summed E-state index contributed by atoms with van der Waals surface area (Å²) in [7, 11) is 0. The van der Waals surface area contributed by atoms with Crippen LogP contribution in [0, 0.1) is 0 Å². The van der Waals surface area contributed by atoms with Gasteiger partial charge in [0, 0.05) is 27.3 Å². The van der Waals surface area contributed by atoms with E-state index in [9.17, 15) is 4.79 Å². The van der Waals surface area contributed by atoms with E-state index in [-0.39, 0.29) is 5.91 Å². The topological polar surface area (TPSA) is 81.1 Å². The van der Waals surface area contributed by atoms with E-state index < -0.39 is 0 Å². The summed E-state index contributed by atoms with van der Waals surface area (Å²) < 4.78 is 1.19. The predicted molar refractivity (Wildman–Crippen MR) is 85.0 cm³/mol. The lowest BCUT2D eigenvalue weighted by atomic mass is 10.1. The molecule has 1 amide bonds. The number of benzene rings is 2. The molecule has 0 spiro atoms. The first kappa shape index (κ1) is 12.5. The van der Waals surface area contributed by atoms with Crippen molar-refractivity contribution >= 4 is 44.4 Å². The molecule has 0 bridgehead atoms. The van der Waals surface area contributed by atoms with Gasteiger partial charge in [0.05, 0.1) is 0 Å². The van der Waals surface area contributed by atoms with Crippen molar-refractivity contribution in [1.29, 1.82) is 0 Å². The van der Waals surface area contributed by atoms with Crippen LogP contribution in [0.2, 0.25) is 0 Å². The molecule has 0 aliphatic heterocycles. The predicted octanol–water partition coefficient (Wildman–Crippen LogP) is 3.32. The molecular weight excluding hydrogens is 270 g/mol. The maximum Gasteiger partial charge on any atom is 0.255 e. The van der Waals surface area contributed by atoms with Crippen molar-refractivity contribution in [1.82, 2.24) is 0 Å². The fraction of sp³-hybridized carbons (Fsp3) is 0. The monoisotopic (exact) mass is 283 g/mol. The third-order valence-corrected chi connectivity index (χ3v) is 3.85. The minimum atomic E-state index is -0.224. The fourth-order valence-corrected chi connectivity index (χ4v) is 2.83. The number of carbonyl (C=O) groups excluding carboxylic acids is 1. The molecule has 0 fully saturated rings. The summed E-state index contributed by atoms with van der Waals surface area (Å²) in [5, 5.41) is 5.98. The Morgan fingerprint density at radius 2 is 1.75 bits per heavy atom. The van der Waals surface area contributed by atoms with Crippen molar-refractivity contribution in [2.24, 2.45) is 0 Å². The second kappa shape index (κ2) is 4.86. The summed E-state index contributed by atoms with van der Waals surface area (Å²) in [6.07, 6.45) is 0. The summed E-state index contributed by atoms with van der Waals surface area (Å²) in [6, 6.07) is 12.7. The van der Waals surface area contributed by atoms with Crippen LogP contribution < -0.4 is 16.8 Å². The number of fused-ring (bicyclic) bond motifs is 1. The Labute approximate surface area is 120 Å². The van der Waals surface area contributed by atoms with Gasteiger partial charge in [-0.1, -0.05) is 0 Å². The van der Waals surface area contributed by atoms with Crippen LogP contribution in [0.25, 0.3) is 10.1 Å². The molecule has 3 rings (SSSR count). The van der Waals surface area contributed by atoms with Gasteiger partial charge in [-0.2, -0.15) is 0 Å². The van der Waals surface area contributed by atoms with Crippen molar-refractivity contribution in [3.63, 3.8) is 0 Å². The molecule has 0 saturated carbocycles. The number of nitrogens with one attached hydrogen (secondary N) is 1. The molecule has 1 heterocycles. The van der Waals surface area contributed by atoms with Crippen molar-refractivity contribution in [3.05, 3.63) is 53.4 Å². The summed E-state index contributed by atoms with van der Waals surface area (Å²) in [6.45, 7) is 0. The normalized spacial score (nSPS) is 10.6. The Morgan fingerprint density at radius 3 is 2.50 bits per heavy atom. The number of amides is 1. The number of hydrogen-bond donors (Lipinski definition) is 3. The first-order valence-electron chi connectivity index (χ1n) is 6.06. The molecule has 100 valence electrons. The molecule has 5 N–H and O–H groups in total. The first-order chi connectivity index (χ1) is 9.61. The van der Waals surface area contributed by atoms with Crippen molar-refractivity contribution in [2.45, 2.75) is 0 Å². The van der Waals surface area contributed by atoms with Crippen LogP contribution in [-0.4, -0.2) is 5.91 Å².